The first-order chi connectivity index (χ1) is 10.9. The molecule has 130 valence electrons. The molecule has 6 nitrogen and oxygen atoms in total. The van der Waals surface area contributed by atoms with E-state index in [9.17, 15) is 13.6 Å². The molecule has 1 aliphatic heterocycles. The number of aromatic nitrogens is 2. The summed E-state index contributed by atoms with van der Waals surface area (Å²) in [7, 11) is 0. The Morgan fingerprint density at radius 1 is 1.35 bits per heavy atom. The monoisotopic (exact) mass is 330 g/mol. The molecule has 0 aromatic carbocycles. The number of nitrogens with zero attached hydrogens (tertiary/aromatic N) is 3. The molecule has 2 heterocycles. The second-order valence-electron chi connectivity index (χ2n) is 6.16. The van der Waals surface area contributed by atoms with Crippen LogP contribution in [0.5, 0.6) is 0 Å². The van der Waals surface area contributed by atoms with Crippen LogP contribution in [0.4, 0.5) is 14.5 Å². The maximum absolute atomic E-state index is 13.1. The van der Waals surface area contributed by atoms with Gasteiger partial charge in [0.25, 0.3) is 6.43 Å². The van der Waals surface area contributed by atoms with Crippen LogP contribution in [-0.2, 0) is 16.1 Å². The fourth-order valence-electron chi connectivity index (χ4n) is 2.53. The van der Waals surface area contributed by atoms with Crippen molar-refractivity contribution in [2.75, 3.05) is 31.6 Å². The number of amides is 1. The number of rotatable bonds is 6. The molecule has 8 heteroatoms. The van der Waals surface area contributed by atoms with Gasteiger partial charge in [-0.2, -0.15) is 5.10 Å². The van der Waals surface area contributed by atoms with Crippen LogP contribution in [0.1, 0.15) is 32.9 Å². The molecule has 1 aromatic heterocycles. The first-order valence-electron chi connectivity index (χ1n) is 7.86. The maximum Gasteiger partial charge on any atom is 0.284 e. The summed E-state index contributed by atoms with van der Waals surface area (Å²) in [6.45, 7) is 8.70. The molecule has 1 fully saturated rings. The first kappa shape index (κ1) is 17.8. The molecule has 0 unspecified atom stereocenters. The average molecular weight is 330 g/mol. The maximum atomic E-state index is 13.1. The molecule has 1 amide bonds. The molecule has 0 spiro atoms. The Bertz CT molecular complexity index is 528. The zero-order valence-electron chi connectivity index (χ0n) is 13.8. The van der Waals surface area contributed by atoms with Gasteiger partial charge in [-0.15, -0.1) is 0 Å². The van der Waals surface area contributed by atoms with E-state index in [1.54, 1.807) is 6.92 Å². The van der Waals surface area contributed by atoms with Gasteiger partial charge in [0.05, 0.1) is 24.9 Å². The predicted molar refractivity (Wildman–Crippen MR) is 82.5 cm³/mol. The second kappa shape index (κ2) is 7.83. The van der Waals surface area contributed by atoms with Gasteiger partial charge in [-0.3, -0.25) is 14.4 Å². The van der Waals surface area contributed by atoms with Crippen molar-refractivity contribution in [2.45, 2.75) is 39.8 Å². The second-order valence-corrected chi connectivity index (χ2v) is 6.16. The van der Waals surface area contributed by atoms with E-state index < -0.39 is 12.5 Å². The van der Waals surface area contributed by atoms with Crippen molar-refractivity contribution in [3.05, 3.63) is 11.9 Å². The van der Waals surface area contributed by atoms with Gasteiger partial charge < -0.3 is 10.1 Å². The topological polar surface area (TPSA) is 59.4 Å². The third kappa shape index (κ3) is 4.71. The lowest BCUT2D eigenvalue weighted by Crippen LogP contribution is -2.47. The lowest BCUT2D eigenvalue weighted by Gasteiger charge is -2.31. The standard InChI is InChI=1S/C15H24F2N4O2/c1-10(2)8-21-9-12(13(19-21)14(16)17)18-15(22)11(3)20-4-6-23-7-5-20/h9-11,14H,4-8H2,1-3H3,(H,18,22)/t11-/m0/s1. The Labute approximate surface area is 134 Å². The lowest BCUT2D eigenvalue weighted by atomic mass is 10.2. The molecule has 1 saturated heterocycles. The fourth-order valence-corrected chi connectivity index (χ4v) is 2.53. The van der Waals surface area contributed by atoms with Gasteiger partial charge in [0.1, 0.15) is 0 Å². The number of morpholine rings is 1. The van der Waals surface area contributed by atoms with Crippen LogP contribution >= 0.6 is 0 Å². The highest BCUT2D eigenvalue weighted by Gasteiger charge is 2.26. The van der Waals surface area contributed by atoms with Crippen LogP contribution < -0.4 is 5.32 Å². The summed E-state index contributed by atoms with van der Waals surface area (Å²) in [4.78, 5) is 14.3. The Morgan fingerprint density at radius 2 is 2.00 bits per heavy atom. The number of carbonyl (C=O) groups excluding carboxylic acids is 1. The highest BCUT2D eigenvalue weighted by atomic mass is 19.3. The number of hydrogen-bond acceptors (Lipinski definition) is 4. The van der Waals surface area contributed by atoms with Gasteiger partial charge in [0.2, 0.25) is 5.91 Å². The third-order valence-electron chi connectivity index (χ3n) is 3.78. The number of ether oxygens (including phenoxy) is 1. The highest BCUT2D eigenvalue weighted by Crippen LogP contribution is 2.26. The molecule has 1 N–H and O–H groups in total. The largest absolute Gasteiger partial charge is 0.379 e. The molecular weight excluding hydrogens is 306 g/mol. The zero-order valence-corrected chi connectivity index (χ0v) is 13.8. The number of nitrogens with one attached hydrogen (secondary N) is 1. The summed E-state index contributed by atoms with van der Waals surface area (Å²) < 4.78 is 33.0. The number of alkyl halides is 2. The average Bonchev–Trinajstić information content (AvgIpc) is 2.89. The number of hydrogen-bond donors (Lipinski definition) is 1. The zero-order chi connectivity index (χ0) is 17.0. The van der Waals surface area contributed by atoms with Crippen LogP contribution in [0, 0.1) is 5.92 Å². The van der Waals surface area contributed by atoms with Gasteiger partial charge in [0.15, 0.2) is 5.69 Å². The molecule has 1 aromatic rings. The van der Waals surface area contributed by atoms with E-state index in [1.165, 1.54) is 10.9 Å². The van der Waals surface area contributed by atoms with Crippen LogP contribution in [0.3, 0.4) is 0 Å². The van der Waals surface area contributed by atoms with E-state index in [-0.39, 0.29) is 23.2 Å². The minimum absolute atomic E-state index is 0.0887. The normalized spacial score (nSPS) is 17.7. The van der Waals surface area contributed by atoms with Crippen LogP contribution in [0.15, 0.2) is 6.20 Å². The lowest BCUT2D eigenvalue weighted by molar-refractivity contribution is -0.122. The Morgan fingerprint density at radius 3 is 2.57 bits per heavy atom. The number of carbonyl (C=O) groups is 1. The fraction of sp³-hybridized carbons (Fsp3) is 0.733. The van der Waals surface area contributed by atoms with Crippen molar-refractivity contribution in [1.82, 2.24) is 14.7 Å². The van der Waals surface area contributed by atoms with Crippen LogP contribution in [0.25, 0.3) is 0 Å². The molecule has 1 aliphatic rings. The van der Waals surface area contributed by atoms with E-state index in [4.69, 9.17) is 4.74 Å². The van der Waals surface area contributed by atoms with E-state index in [1.807, 2.05) is 18.7 Å². The van der Waals surface area contributed by atoms with Crippen LogP contribution in [-0.4, -0.2) is 52.9 Å². The number of anilines is 1. The van der Waals surface area contributed by atoms with Gasteiger partial charge in [-0.05, 0) is 12.8 Å². The van der Waals surface area contributed by atoms with Crippen molar-refractivity contribution in [3.8, 4) is 0 Å². The number of halogens is 2. The summed E-state index contributed by atoms with van der Waals surface area (Å²) >= 11 is 0. The SMILES string of the molecule is CC(C)Cn1cc(NC(=O)[C@H](C)N2CCOCC2)c(C(F)F)n1. The van der Waals surface area contributed by atoms with Gasteiger partial charge in [-0.1, -0.05) is 13.8 Å². The van der Waals surface area contributed by atoms with E-state index >= 15 is 0 Å². The minimum atomic E-state index is -2.72. The van der Waals surface area contributed by atoms with Crippen molar-refractivity contribution in [1.29, 1.82) is 0 Å². The van der Waals surface area contributed by atoms with E-state index in [0.717, 1.165) is 0 Å². The summed E-state index contributed by atoms with van der Waals surface area (Å²) in [5, 5.41) is 6.49. The molecule has 1 atom stereocenters. The van der Waals surface area contributed by atoms with Crippen molar-refractivity contribution in [2.24, 2.45) is 5.92 Å². The van der Waals surface area contributed by atoms with Gasteiger partial charge in [0, 0.05) is 25.8 Å². The molecule has 0 bridgehead atoms. The van der Waals surface area contributed by atoms with Gasteiger partial charge in [-0.25, -0.2) is 8.78 Å². The van der Waals surface area contributed by atoms with Crippen LogP contribution in [0.2, 0.25) is 0 Å². The smallest absolute Gasteiger partial charge is 0.284 e. The molecular formula is C15H24F2N4O2. The van der Waals surface area contributed by atoms with Crippen molar-refractivity contribution in [3.63, 3.8) is 0 Å². The Balaban J connectivity index is 2.07. The third-order valence-corrected chi connectivity index (χ3v) is 3.78. The molecule has 2 rings (SSSR count). The van der Waals surface area contributed by atoms with Crippen molar-refractivity contribution >= 4 is 11.6 Å². The summed E-state index contributed by atoms with van der Waals surface area (Å²) in [6, 6.07) is -0.405. The van der Waals surface area contributed by atoms with E-state index in [0.29, 0.717) is 32.8 Å². The Hall–Kier alpha value is -1.54. The summed E-state index contributed by atoms with van der Waals surface area (Å²) in [5.41, 5.74) is -0.293. The molecule has 0 radical (unpaired) electrons. The minimum Gasteiger partial charge on any atom is -0.379 e. The van der Waals surface area contributed by atoms with Gasteiger partial charge >= 0.3 is 0 Å². The summed E-state index contributed by atoms with van der Waals surface area (Å²) in [6.07, 6.45) is -1.25. The predicted octanol–water partition coefficient (Wildman–Crippen LogP) is 2.14. The first-order valence-corrected chi connectivity index (χ1v) is 7.86. The Kier molecular flexibility index (Phi) is 6.06. The molecule has 0 saturated carbocycles. The quantitative estimate of drug-likeness (QED) is 0.868. The molecule has 0 aliphatic carbocycles. The van der Waals surface area contributed by atoms with E-state index in [2.05, 4.69) is 10.4 Å². The highest BCUT2D eigenvalue weighted by molar-refractivity contribution is 5.95. The van der Waals surface area contributed by atoms with Crippen molar-refractivity contribution < 1.29 is 18.3 Å². The summed E-state index contributed by atoms with van der Waals surface area (Å²) in [5.74, 6) is -0.0332. The molecule has 23 heavy (non-hydrogen) atoms.